The van der Waals surface area contributed by atoms with Crippen molar-refractivity contribution in [1.29, 1.82) is 0 Å². The number of carbonyl (C=O) groups excluding carboxylic acids is 1. The summed E-state index contributed by atoms with van der Waals surface area (Å²) in [4.78, 5) is 11.9. The highest BCUT2D eigenvalue weighted by atomic mass is 32.2. The largest absolute Gasteiger partial charge is 0.380 e. The molecule has 0 saturated carbocycles. The lowest BCUT2D eigenvalue weighted by atomic mass is 9.87. The highest BCUT2D eigenvalue weighted by Crippen LogP contribution is 2.24. The number of thioether (sulfide) groups is 1. The summed E-state index contributed by atoms with van der Waals surface area (Å²) in [7, 11) is 1.69. The number of ether oxygens (including phenoxy) is 1. The van der Waals surface area contributed by atoms with Crippen molar-refractivity contribution < 1.29 is 9.53 Å². The third-order valence-electron chi connectivity index (χ3n) is 2.65. The number of hydrogen-bond donors (Lipinski definition) is 0. The van der Waals surface area contributed by atoms with Gasteiger partial charge >= 0.3 is 0 Å². The molecule has 0 aliphatic rings. The van der Waals surface area contributed by atoms with Crippen molar-refractivity contribution in [2.24, 2.45) is 5.41 Å². The van der Waals surface area contributed by atoms with Crippen LogP contribution in [-0.2, 0) is 9.53 Å². The van der Waals surface area contributed by atoms with E-state index < -0.39 is 0 Å². The van der Waals surface area contributed by atoms with Crippen LogP contribution in [0, 0.1) is 5.41 Å². The van der Waals surface area contributed by atoms with Crippen LogP contribution in [0.15, 0.2) is 0 Å². The van der Waals surface area contributed by atoms with Gasteiger partial charge in [0, 0.05) is 24.2 Å². The normalized spacial score (nSPS) is 16.1. The number of Topliss-reactive ketones (excluding diaryl/α,β-unsaturated/α-hetero) is 1. The van der Waals surface area contributed by atoms with E-state index >= 15 is 0 Å². The summed E-state index contributed by atoms with van der Waals surface area (Å²) in [5.74, 6) is 0.279. The molecule has 0 unspecified atom stereocenters. The van der Waals surface area contributed by atoms with E-state index in [2.05, 4.69) is 13.2 Å². The highest BCUT2D eigenvalue weighted by molar-refractivity contribution is 7.99. The Morgan fingerprint density at radius 3 is 2.20 bits per heavy atom. The van der Waals surface area contributed by atoms with E-state index in [0.29, 0.717) is 11.7 Å². The monoisotopic (exact) mass is 232 g/mol. The quantitative estimate of drug-likeness (QED) is 0.703. The highest BCUT2D eigenvalue weighted by Gasteiger charge is 2.28. The minimum Gasteiger partial charge on any atom is -0.380 e. The maximum Gasteiger partial charge on any atom is 0.140 e. The van der Waals surface area contributed by atoms with Crippen LogP contribution in [0.2, 0.25) is 0 Å². The van der Waals surface area contributed by atoms with Crippen molar-refractivity contribution >= 4 is 17.5 Å². The smallest absolute Gasteiger partial charge is 0.140 e. The van der Waals surface area contributed by atoms with E-state index in [4.69, 9.17) is 4.74 Å². The van der Waals surface area contributed by atoms with Crippen molar-refractivity contribution in [3.8, 4) is 0 Å². The molecule has 0 heterocycles. The Hall–Kier alpha value is -0.0200. The molecule has 0 aromatic rings. The summed E-state index contributed by atoms with van der Waals surface area (Å²) in [5, 5.41) is 0.418. The van der Waals surface area contributed by atoms with E-state index in [-0.39, 0.29) is 17.3 Å². The standard InChI is InChI=1S/C12H24O2S/c1-7-10(15-6)9(14-5)8-11(13)12(2,3)4/h9-10H,7-8H2,1-6H3/t9-,10+/m0/s1. The molecule has 2 nitrogen and oxygen atoms in total. The zero-order chi connectivity index (χ0) is 12.1. The Balaban J connectivity index is 4.39. The molecule has 0 bridgehead atoms. The third kappa shape index (κ3) is 5.03. The van der Waals surface area contributed by atoms with Crippen LogP contribution < -0.4 is 0 Å². The number of methoxy groups -OCH3 is 1. The Morgan fingerprint density at radius 1 is 1.40 bits per heavy atom. The molecule has 0 aromatic heterocycles. The first-order chi connectivity index (χ1) is 6.86. The van der Waals surface area contributed by atoms with Gasteiger partial charge in [-0.3, -0.25) is 4.79 Å². The Bertz CT molecular complexity index is 192. The van der Waals surface area contributed by atoms with Gasteiger partial charge in [-0.15, -0.1) is 0 Å². The van der Waals surface area contributed by atoms with E-state index in [1.807, 2.05) is 20.8 Å². The topological polar surface area (TPSA) is 26.3 Å². The van der Waals surface area contributed by atoms with Crippen molar-refractivity contribution in [3.63, 3.8) is 0 Å². The molecule has 15 heavy (non-hydrogen) atoms. The molecular formula is C12H24O2S. The first-order valence-corrected chi connectivity index (χ1v) is 6.74. The van der Waals surface area contributed by atoms with Gasteiger partial charge in [0.1, 0.15) is 5.78 Å². The SMILES string of the molecule is CC[C@@H](SC)[C@H](CC(=O)C(C)(C)C)OC. The zero-order valence-electron chi connectivity index (χ0n) is 10.8. The van der Waals surface area contributed by atoms with Crippen LogP contribution in [0.3, 0.4) is 0 Å². The van der Waals surface area contributed by atoms with Crippen molar-refractivity contribution in [2.45, 2.75) is 51.9 Å². The molecule has 0 amide bonds. The Morgan fingerprint density at radius 2 is 1.93 bits per heavy atom. The lowest BCUT2D eigenvalue weighted by molar-refractivity contribution is -0.128. The van der Waals surface area contributed by atoms with E-state index in [1.165, 1.54) is 0 Å². The molecule has 3 heteroatoms. The maximum atomic E-state index is 11.9. The van der Waals surface area contributed by atoms with Gasteiger partial charge in [0.15, 0.2) is 0 Å². The molecule has 2 atom stereocenters. The van der Waals surface area contributed by atoms with Crippen LogP contribution in [0.25, 0.3) is 0 Å². The maximum absolute atomic E-state index is 11.9. The molecule has 0 spiro atoms. The lowest BCUT2D eigenvalue weighted by Gasteiger charge is -2.26. The molecular weight excluding hydrogens is 208 g/mol. The predicted octanol–water partition coefficient (Wildman–Crippen LogP) is 3.15. The molecule has 90 valence electrons. The van der Waals surface area contributed by atoms with Gasteiger partial charge in [-0.2, -0.15) is 11.8 Å². The molecule has 0 N–H and O–H groups in total. The first kappa shape index (κ1) is 15.0. The summed E-state index contributed by atoms with van der Waals surface area (Å²) < 4.78 is 5.42. The Kier molecular flexibility index (Phi) is 6.53. The molecule has 0 radical (unpaired) electrons. The molecule has 0 aromatic carbocycles. The van der Waals surface area contributed by atoms with Crippen LogP contribution in [-0.4, -0.2) is 30.5 Å². The van der Waals surface area contributed by atoms with Gasteiger partial charge in [0.05, 0.1) is 6.10 Å². The van der Waals surface area contributed by atoms with Crippen molar-refractivity contribution in [2.75, 3.05) is 13.4 Å². The Labute approximate surface area is 98.2 Å². The second-order valence-corrected chi connectivity index (χ2v) is 5.91. The summed E-state index contributed by atoms with van der Waals surface area (Å²) in [6, 6.07) is 0. The average molecular weight is 232 g/mol. The van der Waals surface area contributed by atoms with Gasteiger partial charge in [-0.25, -0.2) is 0 Å². The molecule has 0 aliphatic carbocycles. The second kappa shape index (κ2) is 6.54. The first-order valence-electron chi connectivity index (χ1n) is 5.45. The second-order valence-electron chi connectivity index (χ2n) is 4.83. The molecule has 0 rings (SSSR count). The zero-order valence-corrected chi connectivity index (χ0v) is 11.6. The fourth-order valence-electron chi connectivity index (χ4n) is 1.44. The van der Waals surface area contributed by atoms with Crippen LogP contribution in [0.4, 0.5) is 0 Å². The summed E-state index contributed by atoms with van der Waals surface area (Å²) in [6.45, 7) is 8.01. The summed E-state index contributed by atoms with van der Waals surface area (Å²) in [5.41, 5.74) is -0.256. The van der Waals surface area contributed by atoms with E-state index in [0.717, 1.165) is 6.42 Å². The number of ketones is 1. The van der Waals surface area contributed by atoms with Crippen molar-refractivity contribution in [3.05, 3.63) is 0 Å². The van der Waals surface area contributed by atoms with E-state index in [9.17, 15) is 4.79 Å². The number of carbonyl (C=O) groups is 1. The fraction of sp³-hybridized carbons (Fsp3) is 0.917. The predicted molar refractivity (Wildman–Crippen MR) is 67.5 cm³/mol. The molecule has 0 saturated heterocycles. The van der Waals surface area contributed by atoms with Crippen molar-refractivity contribution in [1.82, 2.24) is 0 Å². The van der Waals surface area contributed by atoms with Crippen LogP contribution in [0.1, 0.15) is 40.5 Å². The average Bonchev–Trinajstić information content (AvgIpc) is 2.16. The number of hydrogen-bond acceptors (Lipinski definition) is 3. The van der Waals surface area contributed by atoms with Gasteiger partial charge in [-0.05, 0) is 12.7 Å². The minimum absolute atomic E-state index is 0.0525. The fourth-order valence-corrected chi connectivity index (χ4v) is 2.28. The van der Waals surface area contributed by atoms with E-state index in [1.54, 1.807) is 18.9 Å². The summed E-state index contributed by atoms with van der Waals surface area (Å²) >= 11 is 1.78. The minimum atomic E-state index is -0.256. The van der Waals surface area contributed by atoms with Crippen LogP contribution >= 0.6 is 11.8 Å². The van der Waals surface area contributed by atoms with Gasteiger partial charge in [0.25, 0.3) is 0 Å². The van der Waals surface area contributed by atoms with Crippen LogP contribution in [0.5, 0.6) is 0 Å². The lowest BCUT2D eigenvalue weighted by Crippen LogP contribution is -2.32. The van der Waals surface area contributed by atoms with Gasteiger partial charge < -0.3 is 4.74 Å². The summed E-state index contributed by atoms with van der Waals surface area (Å²) in [6.07, 6.45) is 3.69. The third-order valence-corrected chi connectivity index (χ3v) is 3.89. The number of rotatable bonds is 6. The molecule has 0 fully saturated rings. The van der Waals surface area contributed by atoms with Gasteiger partial charge in [-0.1, -0.05) is 27.7 Å². The molecule has 0 aliphatic heterocycles. The van der Waals surface area contributed by atoms with Gasteiger partial charge in [0.2, 0.25) is 0 Å².